The molecule has 8 heteroatoms. The molecule has 0 spiro atoms. The minimum atomic E-state index is -4.55. The molecule has 164 valence electrons. The van der Waals surface area contributed by atoms with Gasteiger partial charge in [-0.1, -0.05) is 42.5 Å². The topological polar surface area (TPSA) is 58.6 Å². The van der Waals surface area contributed by atoms with Crippen LogP contribution >= 0.6 is 0 Å². The molecule has 2 amide bonds. The predicted molar refractivity (Wildman–Crippen MR) is 109 cm³/mol. The molecule has 3 rings (SSSR count). The van der Waals surface area contributed by atoms with Crippen molar-refractivity contribution >= 4 is 12.0 Å². The van der Waals surface area contributed by atoms with Gasteiger partial charge in [-0.3, -0.25) is 4.90 Å². The van der Waals surface area contributed by atoms with Crippen molar-refractivity contribution in [3.05, 3.63) is 82.6 Å². The van der Waals surface area contributed by atoms with Gasteiger partial charge in [0, 0.05) is 5.70 Å². The van der Waals surface area contributed by atoms with E-state index in [1.165, 1.54) is 17.0 Å². The van der Waals surface area contributed by atoms with Crippen molar-refractivity contribution in [1.29, 1.82) is 0 Å². The van der Waals surface area contributed by atoms with E-state index >= 15 is 0 Å². The summed E-state index contributed by atoms with van der Waals surface area (Å²) in [6.45, 7) is 5.15. The van der Waals surface area contributed by atoms with E-state index in [0.717, 1.165) is 17.7 Å². The van der Waals surface area contributed by atoms with E-state index in [0.29, 0.717) is 5.70 Å². The fraction of sp³-hybridized carbons (Fsp3) is 0.304. The Bertz CT molecular complexity index is 1000. The summed E-state index contributed by atoms with van der Waals surface area (Å²) < 4.78 is 45.0. The zero-order valence-electron chi connectivity index (χ0n) is 17.4. The molecule has 2 aromatic rings. The number of allylic oxidation sites excluding steroid dienone is 1. The molecule has 0 radical (unpaired) electrons. The molecule has 1 aliphatic rings. The van der Waals surface area contributed by atoms with E-state index in [2.05, 4.69) is 5.32 Å². The number of amides is 2. The van der Waals surface area contributed by atoms with E-state index < -0.39 is 35.9 Å². The van der Waals surface area contributed by atoms with Crippen molar-refractivity contribution < 1.29 is 27.5 Å². The molecule has 0 saturated heterocycles. The largest absolute Gasteiger partial charge is 0.459 e. The summed E-state index contributed by atoms with van der Waals surface area (Å²) in [5, 5.41) is 2.68. The van der Waals surface area contributed by atoms with Crippen LogP contribution in [0.5, 0.6) is 0 Å². The number of hydrogen-bond acceptors (Lipinski definition) is 3. The Morgan fingerprint density at radius 2 is 1.81 bits per heavy atom. The Morgan fingerprint density at radius 3 is 2.42 bits per heavy atom. The van der Waals surface area contributed by atoms with Crippen LogP contribution in [0.15, 0.2) is 65.9 Å². The Hall–Kier alpha value is -3.29. The first-order valence-electron chi connectivity index (χ1n) is 9.78. The summed E-state index contributed by atoms with van der Waals surface area (Å²) in [5.74, 6) is -0.687. The highest BCUT2D eigenvalue weighted by atomic mass is 19.4. The molecular formula is C23H23F3N2O3. The zero-order chi connectivity index (χ0) is 22.8. The zero-order valence-corrected chi connectivity index (χ0v) is 17.4. The summed E-state index contributed by atoms with van der Waals surface area (Å²) in [6.07, 6.45) is -4.99. The highest BCUT2D eigenvalue weighted by Gasteiger charge is 2.38. The first kappa shape index (κ1) is 22.4. The van der Waals surface area contributed by atoms with Crippen molar-refractivity contribution in [2.24, 2.45) is 0 Å². The number of hydrogen-bond donors (Lipinski definition) is 1. The fourth-order valence-corrected chi connectivity index (χ4v) is 3.42. The lowest BCUT2D eigenvalue weighted by Crippen LogP contribution is -2.47. The van der Waals surface area contributed by atoms with Gasteiger partial charge < -0.3 is 10.1 Å². The monoisotopic (exact) mass is 432 g/mol. The quantitative estimate of drug-likeness (QED) is 0.661. The minimum absolute atomic E-state index is 0.101. The van der Waals surface area contributed by atoms with Crippen LogP contribution in [0.25, 0.3) is 0 Å². The fourth-order valence-electron chi connectivity index (χ4n) is 3.42. The number of halogens is 3. The Balaban J connectivity index is 2.07. The number of rotatable bonds is 5. The number of nitrogens with one attached hydrogen (secondary N) is 1. The summed E-state index contributed by atoms with van der Waals surface area (Å²) in [6, 6.07) is 12.2. The van der Waals surface area contributed by atoms with Crippen LogP contribution in [0, 0.1) is 0 Å². The van der Waals surface area contributed by atoms with Crippen molar-refractivity contribution in [2.75, 3.05) is 0 Å². The lowest BCUT2D eigenvalue weighted by Gasteiger charge is -2.35. The Morgan fingerprint density at radius 1 is 1.13 bits per heavy atom. The second kappa shape index (κ2) is 8.83. The minimum Gasteiger partial charge on any atom is -0.459 e. The van der Waals surface area contributed by atoms with E-state index in [1.807, 2.05) is 30.3 Å². The van der Waals surface area contributed by atoms with Crippen molar-refractivity contribution in [3.8, 4) is 0 Å². The summed E-state index contributed by atoms with van der Waals surface area (Å²) in [7, 11) is 0. The summed E-state index contributed by atoms with van der Waals surface area (Å²) in [4.78, 5) is 27.2. The maximum atomic E-state index is 13.2. The summed E-state index contributed by atoms with van der Waals surface area (Å²) >= 11 is 0. The molecule has 0 bridgehead atoms. The van der Waals surface area contributed by atoms with Gasteiger partial charge in [0.1, 0.15) is 0 Å². The number of nitrogens with zero attached hydrogens (tertiary/aromatic N) is 1. The van der Waals surface area contributed by atoms with E-state index in [9.17, 15) is 22.8 Å². The first-order valence-corrected chi connectivity index (χ1v) is 9.78. The smallest absolute Gasteiger partial charge is 0.416 e. The molecule has 0 aliphatic carbocycles. The molecule has 1 unspecified atom stereocenters. The second-order valence-electron chi connectivity index (χ2n) is 7.53. The third kappa shape index (κ3) is 5.07. The van der Waals surface area contributed by atoms with Crippen LogP contribution in [0.4, 0.5) is 18.0 Å². The number of benzene rings is 2. The molecule has 1 N–H and O–H groups in total. The molecule has 2 aromatic carbocycles. The van der Waals surface area contributed by atoms with Crippen LogP contribution in [-0.2, 0) is 22.3 Å². The van der Waals surface area contributed by atoms with Crippen LogP contribution in [0.3, 0.4) is 0 Å². The average Bonchev–Trinajstić information content (AvgIpc) is 2.70. The standard InChI is InChI=1S/C23H23F3N2O3/c1-14(2)31-21(29)19-15(3)28(13-16-8-5-4-6-9-16)22(30)27-20(19)17-10-7-11-18(12-17)23(24,25)26/h4-12,14,20H,13H2,1-3H3,(H,27,30). The van der Waals surface area contributed by atoms with Crippen LogP contribution in [0.2, 0.25) is 0 Å². The third-order valence-corrected chi connectivity index (χ3v) is 4.89. The molecule has 0 fully saturated rings. The first-order chi connectivity index (χ1) is 14.6. The van der Waals surface area contributed by atoms with E-state index in [4.69, 9.17) is 4.74 Å². The lowest BCUT2D eigenvalue weighted by molar-refractivity contribution is -0.143. The predicted octanol–water partition coefficient (Wildman–Crippen LogP) is 5.20. The average molecular weight is 432 g/mol. The molecule has 0 aromatic heterocycles. The summed E-state index contributed by atoms with van der Waals surface area (Å²) in [5.41, 5.74) is 0.563. The highest BCUT2D eigenvalue weighted by molar-refractivity contribution is 5.95. The molecular weight excluding hydrogens is 409 g/mol. The van der Waals surface area contributed by atoms with Gasteiger partial charge in [0.15, 0.2) is 0 Å². The normalized spacial score (nSPS) is 17.1. The number of ether oxygens (including phenoxy) is 1. The Labute approximate surface area is 178 Å². The van der Waals surface area contributed by atoms with Crippen LogP contribution < -0.4 is 5.32 Å². The SMILES string of the molecule is CC1=C(C(=O)OC(C)C)C(c2cccc(C(F)(F)F)c2)NC(=O)N1Cc1ccccc1. The van der Waals surface area contributed by atoms with Gasteiger partial charge in [-0.25, -0.2) is 9.59 Å². The number of carbonyl (C=O) groups excluding carboxylic acids is 2. The van der Waals surface area contributed by atoms with Gasteiger partial charge in [-0.2, -0.15) is 13.2 Å². The van der Waals surface area contributed by atoms with Gasteiger partial charge in [-0.05, 0) is 44.0 Å². The van der Waals surface area contributed by atoms with Gasteiger partial charge >= 0.3 is 18.2 Å². The molecule has 1 heterocycles. The molecule has 1 aliphatic heterocycles. The molecule has 0 saturated carbocycles. The lowest BCUT2D eigenvalue weighted by atomic mass is 9.93. The van der Waals surface area contributed by atoms with Crippen LogP contribution in [0.1, 0.15) is 43.5 Å². The van der Waals surface area contributed by atoms with Crippen molar-refractivity contribution in [3.63, 3.8) is 0 Å². The number of urea groups is 1. The van der Waals surface area contributed by atoms with E-state index in [-0.39, 0.29) is 17.7 Å². The molecule has 31 heavy (non-hydrogen) atoms. The molecule has 5 nitrogen and oxygen atoms in total. The number of esters is 1. The van der Waals surface area contributed by atoms with Gasteiger partial charge in [0.05, 0.1) is 29.8 Å². The van der Waals surface area contributed by atoms with Crippen LogP contribution in [-0.4, -0.2) is 23.0 Å². The highest BCUT2D eigenvalue weighted by Crippen LogP contribution is 2.36. The van der Waals surface area contributed by atoms with Crippen molar-refractivity contribution in [1.82, 2.24) is 10.2 Å². The maximum Gasteiger partial charge on any atom is 0.416 e. The van der Waals surface area contributed by atoms with Gasteiger partial charge in [0.25, 0.3) is 0 Å². The van der Waals surface area contributed by atoms with E-state index in [1.54, 1.807) is 20.8 Å². The third-order valence-electron chi connectivity index (χ3n) is 4.89. The molecule has 1 atom stereocenters. The van der Waals surface area contributed by atoms with Gasteiger partial charge in [-0.15, -0.1) is 0 Å². The number of alkyl halides is 3. The maximum absolute atomic E-state index is 13.2. The van der Waals surface area contributed by atoms with Gasteiger partial charge in [0.2, 0.25) is 0 Å². The second-order valence-corrected chi connectivity index (χ2v) is 7.53. The number of carbonyl (C=O) groups is 2. The van der Waals surface area contributed by atoms with Crippen molar-refractivity contribution in [2.45, 2.75) is 45.6 Å². The Kier molecular flexibility index (Phi) is 6.38.